The molecule has 0 heteroatoms. The molecule has 1 fully saturated rings. The van der Waals surface area contributed by atoms with Crippen LogP contribution in [-0.2, 0) is 11.8 Å². The number of fused-ring (bicyclic) bond motifs is 4. The third-order valence-corrected chi connectivity index (χ3v) is 14.2. The predicted octanol–water partition coefficient (Wildman–Crippen LogP) is 15.7. The van der Waals surface area contributed by atoms with Crippen molar-refractivity contribution < 1.29 is 0 Å². The highest BCUT2D eigenvalue weighted by Crippen LogP contribution is 2.61. The Morgan fingerprint density at radius 1 is 0.729 bits per heavy atom. The molecule has 0 heterocycles. The van der Waals surface area contributed by atoms with Crippen LogP contribution >= 0.6 is 0 Å². The highest BCUT2D eigenvalue weighted by Gasteiger charge is 2.46. The molecule has 0 aliphatic heterocycles. The molecule has 4 aromatic carbocycles. The van der Waals surface area contributed by atoms with Crippen LogP contribution in [0.2, 0.25) is 0 Å². The maximum Gasteiger partial charge on any atom is 0.0206 e. The Morgan fingerprint density at radius 3 is 2.24 bits per heavy atom. The van der Waals surface area contributed by atoms with E-state index in [1.54, 1.807) is 11.1 Å². The lowest BCUT2D eigenvalue weighted by atomic mass is 9.64. The number of hydrogen-bond donors (Lipinski definition) is 0. The summed E-state index contributed by atoms with van der Waals surface area (Å²) in [6.45, 7) is 9.12. The summed E-state index contributed by atoms with van der Waals surface area (Å²) in [5, 5.41) is 0. The van der Waals surface area contributed by atoms with Crippen LogP contribution in [0.5, 0.6) is 0 Å². The molecule has 4 atom stereocenters. The van der Waals surface area contributed by atoms with E-state index in [-0.39, 0.29) is 5.41 Å². The van der Waals surface area contributed by atoms with Gasteiger partial charge in [-0.05, 0) is 148 Å². The summed E-state index contributed by atoms with van der Waals surface area (Å²) < 4.78 is 0. The van der Waals surface area contributed by atoms with E-state index in [4.69, 9.17) is 0 Å². The van der Waals surface area contributed by atoms with E-state index in [1.807, 2.05) is 0 Å². The monoisotopic (exact) mass is 767 g/mol. The lowest BCUT2D eigenvalue weighted by molar-refractivity contribution is 0.240. The number of benzene rings is 4. The van der Waals surface area contributed by atoms with Gasteiger partial charge in [0.25, 0.3) is 0 Å². The quantitative estimate of drug-likeness (QED) is 0.111. The Labute approximate surface area is 354 Å². The van der Waals surface area contributed by atoms with E-state index < -0.39 is 0 Å². The Morgan fingerprint density at radius 2 is 1.44 bits per heavy atom. The molecule has 0 N–H and O–H groups in total. The lowest BCUT2D eigenvalue weighted by Gasteiger charge is -2.40. The molecule has 4 unspecified atom stereocenters. The molecule has 59 heavy (non-hydrogen) atoms. The minimum atomic E-state index is 0.0286. The van der Waals surface area contributed by atoms with Crippen molar-refractivity contribution in [2.24, 2.45) is 17.8 Å². The fourth-order valence-corrected chi connectivity index (χ4v) is 11.4. The van der Waals surface area contributed by atoms with Crippen molar-refractivity contribution in [3.8, 4) is 11.1 Å². The molecule has 0 aromatic heterocycles. The van der Waals surface area contributed by atoms with Crippen molar-refractivity contribution in [2.75, 3.05) is 0 Å². The summed E-state index contributed by atoms with van der Waals surface area (Å²) in [4.78, 5) is 0. The van der Waals surface area contributed by atoms with Gasteiger partial charge < -0.3 is 6.92 Å². The van der Waals surface area contributed by atoms with Gasteiger partial charge in [-0.15, -0.1) is 0 Å². The van der Waals surface area contributed by atoms with E-state index in [0.29, 0.717) is 17.8 Å². The van der Waals surface area contributed by atoms with Crippen molar-refractivity contribution in [3.63, 3.8) is 0 Å². The van der Waals surface area contributed by atoms with Crippen LogP contribution < -0.4 is 0 Å². The Hall–Kier alpha value is -5.46. The molecule has 9 rings (SSSR count). The zero-order valence-corrected chi connectivity index (χ0v) is 35.2. The molecule has 0 saturated heterocycles. The van der Waals surface area contributed by atoms with Gasteiger partial charge in [0, 0.05) is 11.8 Å². The molecule has 0 bridgehead atoms. The van der Waals surface area contributed by atoms with E-state index in [0.717, 1.165) is 57.8 Å². The van der Waals surface area contributed by atoms with Crippen LogP contribution in [0.25, 0.3) is 22.3 Å². The van der Waals surface area contributed by atoms with Gasteiger partial charge in [-0.25, -0.2) is 0 Å². The molecule has 5 aliphatic carbocycles. The molecule has 5 aliphatic rings. The van der Waals surface area contributed by atoms with E-state index in [1.165, 1.54) is 73.2 Å². The van der Waals surface area contributed by atoms with Crippen LogP contribution in [0.15, 0.2) is 203 Å². The second kappa shape index (κ2) is 17.4. The zero-order valence-electron chi connectivity index (χ0n) is 35.2. The van der Waals surface area contributed by atoms with Gasteiger partial charge in [0.2, 0.25) is 0 Å². The summed E-state index contributed by atoms with van der Waals surface area (Å²) in [6.07, 6.45) is 34.5. The summed E-state index contributed by atoms with van der Waals surface area (Å²) in [7, 11) is 0. The van der Waals surface area contributed by atoms with Gasteiger partial charge in [0.05, 0.1) is 0 Å². The van der Waals surface area contributed by atoms with Crippen LogP contribution in [0, 0.1) is 24.7 Å². The Kier molecular flexibility index (Phi) is 11.5. The average molecular weight is 768 g/mol. The summed E-state index contributed by atoms with van der Waals surface area (Å²) in [5.41, 5.74) is 20.6. The van der Waals surface area contributed by atoms with E-state index in [9.17, 15) is 0 Å². The summed E-state index contributed by atoms with van der Waals surface area (Å²) in [6, 6.07) is 41.2. The Balaban J connectivity index is 1.34. The highest BCUT2D eigenvalue weighted by molar-refractivity contribution is 5.95. The summed E-state index contributed by atoms with van der Waals surface area (Å²) in [5.74, 6) is 1.18. The smallest absolute Gasteiger partial charge is 0.0206 e. The molecule has 0 nitrogen and oxygen atoms in total. The largest absolute Gasteiger partial charge is 0.343 e. The second-order valence-corrected chi connectivity index (χ2v) is 17.5. The van der Waals surface area contributed by atoms with Crippen molar-refractivity contribution in [1.29, 1.82) is 0 Å². The van der Waals surface area contributed by atoms with Crippen LogP contribution in [-0.4, -0.2) is 0 Å². The minimum absolute atomic E-state index is 0.0286. The van der Waals surface area contributed by atoms with Crippen molar-refractivity contribution in [1.82, 2.24) is 0 Å². The van der Waals surface area contributed by atoms with E-state index >= 15 is 0 Å². The molecule has 1 saturated carbocycles. The van der Waals surface area contributed by atoms with Gasteiger partial charge >= 0.3 is 0 Å². The maximum atomic E-state index is 4.47. The molecule has 0 amide bonds. The predicted molar refractivity (Wildman–Crippen MR) is 252 cm³/mol. The SMILES string of the molecule is [CH2-]CCC(C)(c1ccccc1)C1CCC/C(c2ccccc2-c2ccccc2)=C2/C3=CC4=C(C=CCC4)C4C=CC=C(/C2=C(\c2ccccc2C/C=C\C=C/C)CC1)C34. The first-order chi connectivity index (χ1) is 29.1. The maximum absolute atomic E-state index is 4.47. The van der Waals surface area contributed by atoms with Crippen molar-refractivity contribution in [3.05, 3.63) is 233 Å². The van der Waals surface area contributed by atoms with Gasteiger partial charge in [-0.2, -0.15) is 6.42 Å². The van der Waals surface area contributed by atoms with Gasteiger partial charge in [0.1, 0.15) is 0 Å². The topological polar surface area (TPSA) is 0 Å². The van der Waals surface area contributed by atoms with E-state index in [2.05, 4.69) is 191 Å². The molecule has 0 radical (unpaired) electrons. The average Bonchev–Trinajstić information content (AvgIpc) is 3.61. The van der Waals surface area contributed by atoms with Crippen LogP contribution in [0.3, 0.4) is 0 Å². The number of rotatable bonds is 10. The third-order valence-electron chi connectivity index (χ3n) is 14.2. The second-order valence-electron chi connectivity index (χ2n) is 17.5. The minimum Gasteiger partial charge on any atom is -0.343 e. The molecular formula is C59H59-. The molecule has 296 valence electrons. The van der Waals surface area contributed by atoms with Crippen LogP contribution in [0.4, 0.5) is 0 Å². The standard InChI is InChI=1S/C59H59/c1-4-6-7-10-23-43-26-15-17-32-48(43)53-39-38-46(59(3,40-5-2)45-28-13-9-14-29-45)30-21-35-52(50-34-20-19-31-47(50)42-24-11-8-12-25-42)58-55-41-44-27-16-18-33-49(44)51-36-22-37-54(56(51)55)57(53)58/h4,6-15,17-20,22,24-26,28-29,31-34,36-37,41,46,51,56H,2,5,16,21,23,27,30,35,38-40H2,1,3H3/q-1/b6-4-,10-7-,57-53+,58-52+. The molecular weight excluding hydrogens is 709 g/mol. The fraction of sp³-hybridized carbons (Fsp3) is 0.271. The zero-order chi connectivity index (χ0) is 40.2. The normalized spacial score (nSPS) is 25.0. The van der Waals surface area contributed by atoms with Crippen LogP contribution in [0.1, 0.15) is 93.9 Å². The molecule has 4 aromatic rings. The van der Waals surface area contributed by atoms with Crippen molar-refractivity contribution in [2.45, 2.75) is 83.5 Å². The highest BCUT2D eigenvalue weighted by atomic mass is 14.5. The summed E-state index contributed by atoms with van der Waals surface area (Å²) >= 11 is 0. The fourth-order valence-electron chi connectivity index (χ4n) is 11.4. The first-order valence-corrected chi connectivity index (χ1v) is 22.4. The third kappa shape index (κ3) is 7.41. The Bertz CT molecular complexity index is 2470. The number of allylic oxidation sites excluding steroid dienone is 18. The first-order valence-electron chi connectivity index (χ1n) is 22.4. The van der Waals surface area contributed by atoms with Gasteiger partial charge in [-0.1, -0.05) is 183 Å². The van der Waals surface area contributed by atoms with Gasteiger partial charge in [0.15, 0.2) is 0 Å². The first kappa shape index (κ1) is 39.0. The number of hydrogen-bond acceptors (Lipinski definition) is 0. The van der Waals surface area contributed by atoms with Crippen molar-refractivity contribution >= 4 is 11.1 Å². The van der Waals surface area contributed by atoms with Gasteiger partial charge in [-0.3, -0.25) is 0 Å². The molecule has 0 spiro atoms. The lowest BCUT2D eigenvalue weighted by Crippen LogP contribution is -2.32.